The Kier molecular flexibility index (Phi) is 5.50. The summed E-state index contributed by atoms with van der Waals surface area (Å²) >= 11 is 0. The minimum atomic E-state index is -0.589. The van der Waals surface area contributed by atoms with Crippen molar-refractivity contribution in [3.05, 3.63) is 0 Å². The molecule has 0 N–H and O–H groups in total. The Morgan fingerprint density at radius 3 is 2.44 bits per heavy atom. The molecule has 1 fully saturated rings. The molecule has 1 aliphatic carbocycles. The topological polar surface area (TPSA) is 43.4 Å². The number of Topliss-reactive ketones (excluding diaryl/α,β-unsaturated/α-hetero) is 1. The third-order valence-corrected chi connectivity index (χ3v) is 3.56. The third-order valence-electron chi connectivity index (χ3n) is 3.56. The van der Waals surface area contributed by atoms with Crippen LogP contribution < -0.4 is 0 Å². The van der Waals surface area contributed by atoms with Crippen molar-refractivity contribution >= 4 is 11.8 Å². The van der Waals surface area contributed by atoms with Crippen LogP contribution in [-0.4, -0.2) is 18.9 Å². The van der Waals surface area contributed by atoms with Gasteiger partial charge in [0.2, 0.25) is 0 Å². The lowest BCUT2D eigenvalue weighted by molar-refractivity contribution is -0.148. The summed E-state index contributed by atoms with van der Waals surface area (Å²) in [7, 11) is 1.33. The van der Waals surface area contributed by atoms with Crippen molar-refractivity contribution in [1.82, 2.24) is 0 Å². The first-order valence-electron chi connectivity index (χ1n) is 6.25. The largest absolute Gasteiger partial charge is 0.468 e. The zero-order valence-corrected chi connectivity index (χ0v) is 10.3. The van der Waals surface area contributed by atoms with Gasteiger partial charge >= 0.3 is 5.97 Å². The Bertz CT molecular complexity index is 242. The second kappa shape index (κ2) is 6.66. The van der Waals surface area contributed by atoms with E-state index in [0.717, 1.165) is 6.42 Å². The van der Waals surface area contributed by atoms with Crippen LogP contribution in [0, 0.1) is 11.8 Å². The van der Waals surface area contributed by atoms with Gasteiger partial charge in [0.05, 0.1) is 7.11 Å². The molecular formula is C13H22O3. The van der Waals surface area contributed by atoms with Gasteiger partial charge in [0.1, 0.15) is 11.7 Å². The van der Waals surface area contributed by atoms with E-state index in [0.29, 0.717) is 12.3 Å². The lowest BCUT2D eigenvalue weighted by atomic mass is 9.85. The van der Waals surface area contributed by atoms with Gasteiger partial charge in [-0.25, -0.2) is 0 Å². The maximum absolute atomic E-state index is 11.7. The highest BCUT2D eigenvalue weighted by molar-refractivity contribution is 5.98. The van der Waals surface area contributed by atoms with Gasteiger partial charge in [-0.15, -0.1) is 0 Å². The first kappa shape index (κ1) is 13.2. The normalized spacial score (nSPS) is 19.1. The smallest absolute Gasteiger partial charge is 0.315 e. The average molecular weight is 226 g/mol. The van der Waals surface area contributed by atoms with E-state index in [9.17, 15) is 9.59 Å². The minimum Gasteiger partial charge on any atom is -0.468 e. The fourth-order valence-corrected chi connectivity index (χ4v) is 2.35. The van der Waals surface area contributed by atoms with Gasteiger partial charge in [-0.3, -0.25) is 9.59 Å². The Labute approximate surface area is 97.5 Å². The molecule has 0 amide bonds. The summed E-state index contributed by atoms with van der Waals surface area (Å²) < 4.78 is 4.57. The first-order valence-corrected chi connectivity index (χ1v) is 6.25. The van der Waals surface area contributed by atoms with Crippen LogP contribution in [-0.2, 0) is 14.3 Å². The number of ether oxygens (including phenoxy) is 1. The van der Waals surface area contributed by atoms with Crippen LogP contribution >= 0.6 is 0 Å². The van der Waals surface area contributed by atoms with E-state index in [-0.39, 0.29) is 5.78 Å². The molecule has 1 rings (SSSR count). The zero-order valence-electron chi connectivity index (χ0n) is 10.3. The number of carbonyl (C=O) groups is 2. The van der Waals surface area contributed by atoms with E-state index in [1.54, 1.807) is 6.92 Å². The van der Waals surface area contributed by atoms with Crippen LogP contribution in [0.2, 0.25) is 0 Å². The molecule has 0 bridgehead atoms. The molecule has 16 heavy (non-hydrogen) atoms. The van der Waals surface area contributed by atoms with E-state index in [1.165, 1.54) is 39.2 Å². The monoisotopic (exact) mass is 226 g/mol. The standard InChI is InChI=1S/C13H22O3/c1-10(13(15)16-2)12(14)9-8-11-6-4-3-5-7-11/h10-11H,3-9H2,1-2H3. The van der Waals surface area contributed by atoms with Crippen molar-refractivity contribution in [3.63, 3.8) is 0 Å². The molecule has 0 aromatic rings. The van der Waals surface area contributed by atoms with E-state index >= 15 is 0 Å². The quantitative estimate of drug-likeness (QED) is 0.534. The number of hydrogen-bond donors (Lipinski definition) is 0. The molecule has 92 valence electrons. The number of esters is 1. The lowest BCUT2D eigenvalue weighted by Crippen LogP contribution is -2.23. The summed E-state index contributed by atoms with van der Waals surface area (Å²) in [5, 5.41) is 0. The van der Waals surface area contributed by atoms with Crippen LogP contribution in [0.15, 0.2) is 0 Å². The van der Waals surface area contributed by atoms with E-state index in [1.807, 2.05) is 0 Å². The predicted octanol–water partition coefficient (Wildman–Crippen LogP) is 2.73. The molecule has 0 aromatic heterocycles. The highest BCUT2D eigenvalue weighted by atomic mass is 16.5. The second-order valence-electron chi connectivity index (χ2n) is 4.75. The summed E-state index contributed by atoms with van der Waals surface area (Å²) in [6.07, 6.45) is 7.90. The lowest BCUT2D eigenvalue weighted by Gasteiger charge is -2.21. The van der Waals surface area contributed by atoms with Crippen LogP contribution in [0.3, 0.4) is 0 Å². The maximum Gasteiger partial charge on any atom is 0.315 e. The Hall–Kier alpha value is -0.860. The summed E-state index contributed by atoms with van der Waals surface area (Å²) in [5.74, 6) is -0.276. The molecule has 1 saturated carbocycles. The van der Waals surface area contributed by atoms with Crippen molar-refractivity contribution in [3.8, 4) is 0 Å². The molecule has 1 aliphatic rings. The molecule has 0 saturated heterocycles. The average Bonchev–Trinajstić information content (AvgIpc) is 2.35. The number of ketones is 1. The minimum absolute atomic E-state index is 0.0254. The molecule has 3 nitrogen and oxygen atoms in total. The molecule has 3 heteroatoms. The van der Waals surface area contributed by atoms with Gasteiger partial charge in [0.25, 0.3) is 0 Å². The van der Waals surface area contributed by atoms with Crippen LogP contribution in [0.5, 0.6) is 0 Å². The highest BCUT2D eigenvalue weighted by Crippen LogP contribution is 2.27. The van der Waals surface area contributed by atoms with Crippen molar-refractivity contribution in [2.75, 3.05) is 7.11 Å². The molecule has 0 radical (unpaired) electrons. The molecule has 0 heterocycles. The molecule has 0 aromatic carbocycles. The van der Waals surface area contributed by atoms with Crippen molar-refractivity contribution in [2.24, 2.45) is 11.8 Å². The van der Waals surface area contributed by atoms with Gasteiger partial charge in [-0.05, 0) is 19.3 Å². The zero-order chi connectivity index (χ0) is 12.0. The van der Waals surface area contributed by atoms with Gasteiger partial charge in [-0.1, -0.05) is 32.1 Å². The van der Waals surface area contributed by atoms with Crippen LogP contribution in [0.1, 0.15) is 51.9 Å². The fraction of sp³-hybridized carbons (Fsp3) is 0.846. The third kappa shape index (κ3) is 3.95. The van der Waals surface area contributed by atoms with Gasteiger partial charge < -0.3 is 4.74 Å². The molecule has 0 aliphatic heterocycles. The van der Waals surface area contributed by atoms with Gasteiger partial charge in [0, 0.05) is 6.42 Å². The highest BCUT2D eigenvalue weighted by Gasteiger charge is 2.23. The number of rotatable bonds is 5. The molecule has 1 unspecified atom stereocenters. The van der Waals surface area contributed by atoms with Crippen molar-refractivity contribution < 1.29 is 14.3 Å². The van der Waals surface area contributed by atoms with Gasteiger partial charge in [0.15, 0.2) is 0 Å². The summed E-state index contributed by atoms with van der Waals surface area (Å²) in [4.78, 5) is 22.8. The summed E-state index contributed by atoms with van der Waals surface area (Å²) in [6, 6.07) is 0. The van der Waals surface area contributed by atoms with E-state index < -0.39 is 11.9 Å². The summed E-state index contributed by atoms with van der Waals surface area (Å²) in [6.45, 7) is 1.63. The Morgan fingerprint density at radius 1 is 1.25 bits per heavy atom. The summed E-state index contributed by atoms with van der Waals surface area (Å²) in [5.41, 5.74) is 0. The number of hydrogen-bond acceptors (Lipinski definition) is 3. The van der Waals surface area contributed by atoms with Crippen molar-refractivity contribution in [2.45, 2.75) is 51.9 Å². The number of carbonyl (C=O) groups excluding carboxylic acids is 2. The van der Waals surface area contributed by atoms with Crippen LogP contribution in [0.4, 0.5) is 0 Å². The maximum atomic E-state index is 11.7. The Balaban J connectivity index is 2.25. The van der Waals surface area contributed by atoms with E-state index in [2.05, 4.69) is 4.74 Å². The van der Waals surface area contributed by atoms with E-state index in [4.69, 9.17) is 0 Å². The van der Waals surface area contributed by atoms with Gasteiger partial charge in [-0.2, -0.15) is 0 Å². The fourth-order valence-electron chi connectivity index (χ4n) is 2.35. The molecular weight excluding hydrogens is 204 g/mol. The Morgan fingerprint density at radius 2 is 1.88 bits per heavy atom. The first-order chi connectivity index (χ1) is 7.65. The SMILES string of the molecule is COC(=O)C(C)C(=O)CCC1CCCCC1. The van der Waals surface area contributed by atoms with Crippen LogP contribution in [0.25, 0.3) is 0 Å². The molecule has 1 atom stereocenters. The van der Waals surface area contributed by atoms with Crippen molar-refractivity contribution in [1.29, 1.82) is 0 Å². The predicted molar refractivity (Wildman–Crippen MR) is 62.0 cm³/mol. The number of methoxy groups -OCH3 is 1. The molecule has 0 spiro atoms. The second-order valence-corrected chi connectivity index (χ2v) is 4.75.